The second-order valence-electron chi connectivity index (χ2n) is 5.19. The Morgan fingerprint density at radius 3 is 2.71 bits per heavy atom. The van der Waals surface area contributed by atoms with Crippen LogP contribution in [0.5, 0.6) is 5.75 Å². The summed E-state index contributed by atoms with van der Waals surface area (Å²) >= 11 is 0. The first kappa shape index (κ1) is 15.5. The molecule has 0 saturated heterocycles. The minimum absolute atomic E-state index is 0.267. The van der Waals surface area contributed by atoms with Gasteiger partial charge >= 0.3 is 0 Å². The van der Waals surface area contributed by atoms with Crippen LogP contribution in [0.2, 0.25) is 0 Å². The largest absolute Gasteiger partial charge is 0.487 e. The molecule has 1 heterocycles. The number of aromatic nitrogens is 2. The van der Waals surface area contributed by atoms with Crippen molar-refractivity contribution in [3.8, 4) is 5.75 Å². The van der Waals surface area contributed by atoms with Gasteiger partial charge in [0, 0.05) is 23.9 Å². The average molecular weight is 292 g/mol. The smallest absolute Gasteiger partial charge is 0.132 e. The third kappa shape index (κ3) is 3.82. The summed E-state index contributed by atoms with van der Waals surface area (Å²) < 4.78 is 21.2. The maximum atomic E-state index is 13.7. The highest BCUT2D eigenvalue weighted by Gasteiger charge is 2.10. The van der Waals surface area contributed by atoms with Gasteiger partial charge in [0.25, 0.3) is 0 Å². The lowest BCUT2D eigenvalue weighted by Crippen LogP contribution is -2.06. The Balaban J connectivity index is 2.00. The standard InChI is InChI=1S/C16H21FN2O2/c1-4-11(2)19-8-7-13(18-19)10-21-14-5-6-15(12(3)20)16(17)9-14/h5-9,11-12,20H,4,10H2,1-3H3/t11?,12-/m0/s1. The van der Waals surface area contributed by atoms with E-state index in [0.29, 0.717) is 11.8 Å². The molecule has 0 radical (unpaired) electrons. The average Bonchev–Trinajstić information content (AvgIpc) is 2.92. The molecule has 0 aliphatic rings. The molecule has 2 atom stereocenters. The molecule has 1 N–H and O–H groups in total. The zero-order chi connectivity index (χ0) is 15.4. The first-order chi connectivity index (χ1) is 10.0. The first-order valence-electron chi connectivity index (χ1n) is 7.15. The molecular formula is C16H21FN2O2. The summed E-state index contributed by atoms with van der Waals surface area (Å²) in [4.78, 5) is 0. The van der Waals surface area contributed by atoms with E-state index >= 15 is 0 Å². The van der Waals surface area contributed by atoms with Gasteiger partial charge < -0.3 is 9.84 Å². The van der Waals surface area contributed by atoms with Gasteiger partial charge in [0.2, 0.25) is 0 Å². The first-order valence-corrected chi connectivity index (χ1v) is 7.15. The van der Waals surface area contributed by atoms with Crippen molar-refractivity contribution in [1.82, 2.24) is 9.78 Å². The Bertz CT molecular complexity index is 596. The number of benzene rings is 1. The number of hydrogen-bond donors (Lipinski definition) is 1. The summed E-state index contributed by atoms with van der Waals surface area (Å²) in [6, 6.07) is 6.71. The molecule has 0 amide bonds. The molecule has 2 aromatic rings. The number of hydrogen-bond acceptors (Lipinski definition) is 3. The van der Waals surface area contributed by atoms with Gasteiger partial charge in [-0.25, -0.2) is 4.39 Å². The Labute approximate surface area is 124 Å². The maximum Gasteiger partial charge on any atom is 0.132 e. The highest BCUT2D eigenvalue weighted by molar-refractivity contribution is 5.30. The van der Waals surface area contributed by atoms with E-state index in [4.69, 9.17) is 4.74 Å². The maximum absolute atomic E-state index is 13.7. The SMILES string of the molecule is CCC(C)n1ccc(COc2ccc([C@H](C)O)c(F)c2)n1. The molecule has 1 unspecified atom stereocenters. The van der Waals surface area contributed by atoms with Crippen molar-refractivity contribution >= 4 is 0 Å². The van der Waals surface area contributed by atoms with Crippen molar-refractivity contribution in [2.45, 2.75) is 45.9 Å². The molecule has 21 heavy (non-hydrogen) atoms. The molecule has 2 rings (SSSR count). The van der Waals surface area contributed by atoms with Crippen LogP contribution < -0.4 is 4.74 Å². The van der Waals surface area contributed by atoms with Crippen LogP contribution >= 0.6 is 0 Å². The van der Waals surface area contributed by atoms with Crippen molar-refractivity contribution in [2.24, 2.45) is 0 Å². The van der Waals surface area contributed by atoms with E-state index in [-0.39, 0.29) is 12.2 Å². The fourth-order valence-corrected chi connectivity index (χ4v) is 1.98. The molecule has 1 aromatic carbocycles. The van der Waals surface area contributed by atoms with E-state index in [1.807, 2.05) is 16.9 Å². The normalized spacial score (nSPS) is 14.0. The lowest BCUT2D eigenvalue weighted by molar-refractivity contribution is 0.193. The summed E-state index contributed by atoms with van der Waals surface area (Å²) in [5.41, 5.74) is 1.07. The number of rotatable bonds is 6. The quantitative estimate of drug-likeness (QED) is 0.884. The lowest BCUT2D eigenvalue weighted by atomic mass is 10.1. The zero-order valence-electron chi connectivity index (χ0n) is 12.6. The van der Waals surface area contributed by atoms with Crippen LogP contribution in [0.3, 0.4) is 0 Å². The second-order valence-corrected chi connectivity index (χ2v) is 5.19. The number of aliphatic hydroxyl groups is 1. The Morgan fingerprint density at radius 2 is 2.10 bits per heavy atom. The lowest BCUT2D eigenvalue weighted by Gasteiger charge is -2.10. The number of halogens is 1. The van der Waals surface area contributed by atoms with Gasteiger partial charge in [0.15, 0.2) is 0 Å². The molecular weight excluding hydrogens is 271 g/mol. The van der Waals surface area contributed by atoms with Crippen molar-refractivity contribution < 1.29 is 14.2 Å². The van der Waals surface area contributed by atoms with E-state index in [2.05, 4.69) is 18.9 Å². The molecule has 4 nitrogen and oxygen atoms in total. The Kier molecular flexibility index (Phi) is 4.96. The molecule has 0 spiro atoms. The van der Waals surface area contributed by atoms with Gasteiger partial charge in [0.05, 0.1) is 11.8 Å². The minimum atomic E-state index is -0.828. The van der Waals surface area contributed by atoms with E-state index in [1.54, 1.807) is 6.07 Å². The van der Waals surface area contributed by atoms with Crippen molar-refractivity contribution in [2.75, 3.05) is 0 Å². The van der Waals surface area contributed by atoms with Crippen LogP contribution in [-0.2, 0) is 6.61 Å². The monoisotopic (exact) mass is 292 g/mol. The van der Waals surface area contributed by atoms with Gasteiger partial charge in [-0.3, -0.25) is 4.68 Å². The summed E-state index contributed by atoms with van der Waals surface area (Å²) in [6.45, 7) is 6.02. The van der Waals surface area contributed by atoms with Crippen molar-refractivity contribution in [3.63, 3.8) is 0 Å². The van der Waals surface area contributed by atoms with E-state index < -0.39 is 11.9 Å². The second kappa shape index (κ2) is 6.72. The topological polar surface area (TPSA) is 47.3 Å². The van der Waals surface area contributed by atoms with E-state index in [1.165, 1.54) is 19.1 Å². The predicted octanol–water partition coefficient (Wildman–Crippen LogP) is 3.63. The summed E-state index contributed by atoms with van der Waals surface area (Å²) in [6.07, 6.45) is 2.10. The van der Waals surface area contributed by atoms with Crippen LogP contribution in [0.4, 0.5) is 4.39 Å². The number of ether oxygens (including phenoxy) is 1. The van der Waals surface area contributed by atoms with Gasteiger partial charge in [0.1, 0.15) is 18.2 Å². The third-order valence-corrected chi connectivity index (χ3v) is 3.51. The van der Waals surface area contributed by atoms with Gasteiger partial charge in [-0.1, -0.05) is 6.92 Å². The number of nitrogens with zero attached hydrogens (tertiary/aromatic N) is 2. The molecule has 5 heteroatoms. The van der Waals surface area contributed by atoms with Crippen LogP contribution in [0, 0.1) is 5.82 Å². The molecule has 1 aromatic heterocycles. The minimum Gasteiger partial charge on any atom is -0.487 e. The third-order valence-electron chi connectivity index (χ3n) is 3.51. The van der Waals surface area contributed by atoms with Gasteiger partial charge in [-0.05, 0) is 38.5 Å². The van der Waals surface area contributed by atoms with Crippen LogP contribution in [0.1, 0.15) is 50.6 Å². The predicted molar refractivity (Wildman–Crippen MR) is 78.6 cm³/mol. The van der Waals surface area contributed by atoms with Crippen LogP contribution in [0.25, 0.3) is 0 Å². The van der Waals surface area contributed by atoms with E-state index in [9.17, 15) is 9.50 Å². The Morgan fingerprint density at radius 1 is 1.33 bits per heavy atom. The molecule has 0 aliphatic heterocycles. The molecule has 0 aliphatic carbocycles. The van der Waals surface area contributed by atoms with Crippen LogP contribution in [0.15, 0.2) is 30.5 Å². The van der Waals surface area contributed by atoms with Crippen molar-refractivity contribution in [3.05, 3.63) is 47.5 Å². The zero-order valence-corrected chi connectivity index (χ0v) is 12.6. The fourth-order valence-electron chi connectivity index (χ4n) is 1.98. The summed E-state index contributed by atoms with van der Waals surface area (Å²) in [7, 11) is 0. The summed E-state index contributed by atoms with van der Waals surface area (Å²) in [5, 5.41) is 13.8. The highest BCUT2D eigenvalue weighted by atomic mass is 19.1. The Hall–Kier alpha value is -1.88. The molecule has 0 saturated carbocycles. The van der Waals surface area contributed by atoms with Crippen LogP contribution in [-0.4, -0.2) is 14.9 Å². The fraction of sp³-hybridized carbons (Fsp3) is 0.438. The molecule has 0 bridgehead atoms. The summed E-state index contributed by atoms with van der Waals surface area (Å²) in [5.74, 6) is -0.0392. The van der Waals surface area contributed by atoms with E-state index in [0.717, 1.165) is 12.1 Å². The highest BCUT2D eigenvalue weighted by Crippen LogP contribution is 2.22. The van der Waals surface area contributed by atoms with Gasteiger partial charge in [-0.15, -0.1) is 0 Å². The van der Waals surface area contributed by atoms with Gasteiger partial charge in [-0.2, -0.15) is 5.10 Å². The molecule has 114 valence electrons. The van der Waals surface area contributed by atoms with Crippen molar-refractivity contribution in [1.29, 1.82) is 0 Å². The molecule has 0 fully saturated rings. The number of aliphatic hydroxyl groups excluding tert-OH is 1.